The third-order valence-corrected chi connectivity index (χ3v) is 6.32. The molecule has 2 aliphatic rings. The molecule has 1 aromatic rings. The van der Waals surface area contributed by atoms with Crippen molar-refractivity contribution < 1.29 is 9.32 Å². The largest absolute Gasteiger partial charge is 0.383 e. The van der Waals surface area contributed by atoms with E-state index < -0.39 is 16.4 Å². The van der Waals surface area contributed by atoms with Crippen molar-refractivity contribution in [2.24, 2.45) is 0 Å². The van der Waals surface area contributed by atoms with Crippen LogP contribution in [0.25, 0.3) is 0 Å². The van der Waals surface area contributed by atoms with Gasteiger partial charge in [-0.2, -0.15) is 0 Å². The molecule has 3 nitrogen and oxygen atoms in total. The molecule has 18 heavy (non-hydrogen) atoms. The van der Waals surface area contributed by atoms with E-state index >= 15 is 0 Å². The fraction of sp³-hybridized carbons (Fsp3) is 0.643. The van der Waals surface area contributed by atoms with Gasteiger partial charge >= 0.3 is 0 Å². The van der Waals surface area contributed by atoms with Gasteiger partial charge in [-0.15, -0.1) is 0 Å². The van der Waals surface area contributed by atoms with Crippen molar-refractivity contribution in [3.63, 3.8) is 0 Å². The number of rotatable bonds is 1. The summed E-state index contributed by atoms with van der Waals surface area (Å²) in [5.41, 5.74) is 0.823. The normalized spacial score (nSPS) is 39.6. The number of hydrogen-bond donors (Lipinski definition) is 1. The van der Waals surface area contributed by atoms with Gasteiger partial charge in [0.05, 0.1) is 5.69 Å². The van der Waals surface area contributed by atoms with Crippen LogP contribution in [-0.2, 0) is 16.4 Å². The minimum Gasteiger partial charge on any atom is -0.383 e. The maximum Gasteiger partial charge on any atom is 0.109 e. The molecule has 1 N–H and O–H groups in total. The van der Waals surface area contributed by atoms with Crippen LogP contribution in [0.1, 0.15) is 43.5 Å². The Morgan fingerprint density at radius 1 is 1.33 bits per heavy atom. The van der Waals surface area contributed by atoms with Crippen molar-refractivity contribution >= 4 is 10.8 Å². The third kappa shape index (κ3) is 2.01. The first-order valence-corrected chi connectivity index (χ1v) is 7.92. The minimum atomic E-state index is -0.865. The second kappa shape index (κ2) is 4.42. The van der Waals surface area contributed by atoms with Gasteiger partial charge in [0.2, 0.25) is 0 Å². The van der Waals surface area contributed by atoms with Gasteiger partial charge in [0.15, 0.2) is 0 Å². The van der Waals surface area contributed by atoms with Crippen molar-refractivity contribution in [2.45, 2.75) is 55.1 Å². The fourth-order valence-electron chi connectivity index (χ4n) is 3.29. The molecule has 2 saturated heterocycles. The van der Waals surface area contributed by atoms with E-state index in [4.69, 9.17) is 0 Å². The van der Waals surface area contributed by atoms with Crippen LogP contribution in [0.3, 0.4) is 0 Å². The molecule has 3 heterocycles. The zero-order valence-corrected chi connectivity index (χ0v) is 11.4. The van der Waals surface area contributed by atoms with Crippen LogP contribution in [0.15, 0.2) is 18.2 Å². The van der Waals surface area contributed by atoms with Gasteiger partial charge in [0, 0.05) is 27.0 Å². The molecule has 0 spiro atoms. The second-order valence-electron chi connectivity index (χ2n) is 5.61. The molecule has 1 aromatic heterocycles. The summed E-state index contributed by atoms with van der Waals surface area (Å²) in [5.74, 6) is 0. The Labute approximate surface area is 110 Å². The summed E-state index contributed by atoms with van der Waals surface area (Å²) in [6.07, 6.45) is 4.33. The third-order valence-electron chi connectivity index (χ3n) is 4.21. The number of aliphatic hydroxyl groups is 1. The van der Waals surface area contributed by atoms with E-state index in [-0.39, 0.29) is 10.5 Å². The van der Waals surface area contributed by atoms with Crippen molar-refractivity contribution in [3.8, 4) is 0 Å². The molecular weight excluding hydrogens is 246 g/mol. The lowest BCUT2D eigenvalue weighted by Crippen LogP contribution is -2.47. The van der Waals surface area contributed by atoms with Gasteiger partial charge in [-0.05, 0) is 44.7 Å². The first-order valence-electron chi connectivity index (χ1n) is 6.64. The molecule has 98 valence electrons. The van der Waals surface area contributed by atoms with E-state index in [0.717, 1.165) is 30.7 Å². The Morgan fingerprint density at radius 3 is 2.61 bits per heavy atom. The molecule has 4 heteroatoms. The van der Waals surface area contributed by atoms with Gasteiger partial charge < -0.3 is 5.11 Å². The molecule has 2 fully saturated rings. The summed E-state index contributed by atoms with van der Waals surface area (Å²) in [7, 11) is -0.749. The van der Waals surface area contributed by atoms with Crippen LogP contribution in [-0.4, -0.2) is 24.8 Å². The van der Waals surface area contributed by atoms with E-state index in [1.807, 2.05) is 25.1 Å². The highest BCUT2D eigenvalue weighted by atomic mass is 32.2. The fourth-order valence-corrected chi connectivity index (χ4v) is 5.52. The molecule has 0 aromatic carbocycles. The average Bonchev–Trinajstić information content (AvgIpc) is 2.31. The standard InChI is InChI=1S/C14H19NO2S/c1-10-4-2-7-13(15-10)14(16)8-11-5-3-6-12(9-14)18(11)17/h2,4,7,11-12,16H,3,5-6,8-9H2,1H3. The molecule has 0 radical (unpaired) electrons. The lowest BCUT2D eigenvalue weighted by molar-refractivity contribution is 0.00237. The van der Waals surface area contributed by atoms with Gasteiger partial charge in [-0.1, -0.05) is 12.5 Å². The quantitative estimate of drug-likeness (QED) is 0.845. The zero-order chi connectivity index (χ0) is 12.8. The van der Waals surface area contributed by atoms with Crippen LogP contribution in [0.4, 0.5) is 0 Å². The summed E-state index contributed by atoms with van der Waals surface area (Å²) in [6, 6.07) is 5.78. The number of aromatic nitrogens is 1. The number of fused-ring (bicyclic) bond motifs is 2. The van der Waals surface area contributed by atoms with Gasteiger partial charge in [0.1, 0.15) is 5.60 Å². The Balaban J connectivity index is 1.94. The molecule has 0 amide bonds. The molecule has 2 unspecified atom stereocenters. The number of pyridine rings is 1. The van der Waals surface area contributed by atoms with Crippen molar-refractivity contribution in [1.82, 2.24) is 4.98 Å². The zero-order valence-electron chi connectivity index (χ0n) is 10.6. The van der Waals surface area contributed by atoms with Crippen LogP contribution in [0.2, 0.25) is 0 Å². The first kappa shape index (κ1) is 12.3. The number of hydrogen-bond acceptors (Lipinski definition) is 3. The molecule has 2 bridgehead atoms. The lowest BCUT2D eigenvalue weighted by Gasteiger charge is -2.43. The Bertz CT molecular complexity index is 472. The Hall–Kier alpha value is -0.740. The predicted molar refractivity (Wildman–Crippen MR) is 71.7 cm³/mol. The van der Waals surface area contributed by atoms with Gasteiger partial charge in [-0.25, -0.2) is 0 Å². The molecule has 3 rings (SSSR count). The van der Waals surface area contributed by atoms with Crippen LogP contribution in [0, 0.1) is 6.92 Å². The summed E-state index contributed by atoms with van der Waals surface area (Å²) in [5, 5.41) is 11.2. The molecule has 0 saturated carbocycles. The van der Waals surface area contributed by atoms with E-state index in [1.165, 1.54) is 0 Å². The maximum absolute atomic E-state index is 12.2. The summed E-state index contributed by atoms with van der Waals surface area (Å²) < 4.78 is 12.2. The van der Waals surface area contributed by atoms with Crippen LogP contribution >= 0.6 is 0 Å². The van der Waals surface area contributed by atoms with Crippen molar-refractivity contribution in [1.29, 1.82) is 0 Å². The second-order valence-corrected chi connectivity index (χ2v) is 7.60. The number of aryl methyl sites for hydroxylation is 1. The smallest absolute Gasteiger partial charge is 0.109 e. The number of nitrogens with zero attached hydrogens (tertiary/aromatic N) is 1. The molecule has 2 aliphatic heterocycles. The first-order chi connectivity index (χ1) is 8.58. The monoisotopic (exact) mass is 265 g/mol. The van der Waals surface area contributed by atoms with Crippen molar-refractivity contribution in [2.75, 3.05) is 0 Å². The highest BCUT2D eigenvalue weighted by Crippen LogP contribution is 2.43. The lowest BCUT2D eigenvalue weighted by atomic mass is 9.83. The SMILES string of the molecule is Cc1cccc(C2(O)CC3CCCC(C2)S3=O)n1. The highest BCUT2D eigenvalue weighted by molar-refractivity contribution is 7.86. The Morgan fingerprint density at radius 2 is 2.00 bits per heavy atom. The molecule has 2 atom stereocenters. The summed E-state index contributed by atoms with van der Waals surface area (Å²) >= 11 is 0. The van der Waals surface area contributed by atoms with Crippen LogP contribution < -0.4 is 0 Å². The summed E-state index contributed by atoms with van der Waals surface area (Å²) in [4.78, 5) is 4.47. The van der Waals surface area contributed by atoms with E-state index in [9.17, 15) is 9.32 Å². The van der Waals surface area contributed by atoms with Crippen molar-refractivity contribution in [3.05, 3.63) is 29.6 Å². The maximum atomic E-state index is 12.2. The van der Waals surface area contributed by atoms with E-state index in [2.05, 4.69) is 4.98 Å². The topological polar surface area (TPSA) is 50.2 Å². The predicted octanol–water partition coefficient (Wildman–Crippen LogP) is 2.04. The van der Waals surface area contributed by atoms with Crippen LogP contribution in [0.5, 0.6) is 0 Å². The van der Waals surface area contributed by atoms with E-state index in [0.29, 0.717) is 12.8 Å². The summed E-state index contributed by atoms with van der Waals surface area (Å²) in [6.45, 7) is 1.94. The van der Waals surface area contributed by atoms with Gasteiger partial charge in [0.25, 0.3) is 0 Å². The molecule has 0 aliphatic carbocycles. The van der Waals surface area contributed by atoms with Gasteiger partial charge in [-0.3, -0.25) is 9.19 Å². The Kier molecular flexibility index (Phi) is 3.02. The van der Waals surface area contributed by atoms with E-state index in [1.54, 1.807) is 0 Å². The minimum absolute atomic E-state index is 0.157. The highest BCUT2D eigenvalue weighted by Gasteiger charge is 2.47. The molecular formula is C14H19NO2S. The average molecular weight is 265 g/mol.